The monoisotopic (exact) mass is 419 g/mol. The zero-order valence-corrected chi connectivity index (χ0v) is 16.4. The third-order valence-electron chi connectivity index (χ3n) is 4.91. The van der Waals surface area contributed by atoms with Crippen LogP contribution < -0.4 is 0 Å². The maximum atomic E-state index is 12.5. The van der Waals surface area contributed by atoms with E-state index in [0.29, 0.717) is 18.8 Å². The number of hydrogen-bond acceptors (Lipinski definition) is 5. The first-order valence-electron chi connectivity index (χ1n) is 8.92. The van der Waals surface area contributed by atoms with Crippen LogP contribution >= 0.6 is 0 Å². The van der Waals surface area contributed by atoms with E-state index in [2.05, 4.69) is 10.00 Å². The number of halogens is 3. The number of carbonyl (C=O) groups is 3. The summed E-state index contributed by atoms with van der Waals surface area (Å²) in [6.07, 6.45) is -3.46. The molecule has 2 atom stereocenters. The van der Waals surface area contributed by atoms with Crippen LogP contribution in [0, 0.1) is 11.8 Å². The highest BCUT2D eigenvalue weighted by molar-refractivity contribution is 5.93. The van der Waals surface area contributed by atoms with E-state index in [1.165, 1.54) is 0 Å². The van der Waals surface area contributed by atoms with Gasteiger partial charge in [-0.15, -0.1) is 0 Å². The molecule has 0 aromatic carbocycles. The minimum Gasteiger partial charge on any atom is -0.475 e. The molecule has 0 saturated carbocycles. The first kappa shape index (κ1) is 22.7. The lowest BCUT2D eigenvalue weighted by atomic mass is 10.0. The number of carboxylic acid groups (broad SMARTS) is 1. The maximum Gasteiger partial charge on any atom is 0.490 e. The third-order valence-corrected chi connectivity index (χ3v) is 4.91. The number of hydrogen-bond donors (Lipinski definition) is 1. The Balaban J connectivity index is 0.000000370. The number of aryl methyl sites for hydroxylation is 1. The number of rotatable bonds is 4. The number of fused-ring (bicyclic) bond motifs is 1. The Hall–Kier alpha value is -2.63. The lowest BCUT2D eigenvalue weighted by Crippen LogP contribution is -2.38. The summed E-state index contributed by atoms with van der Waals surface area (Å²) in [5, 5.41) is 11.2. The van der Waals surface area contributed by atoms with E-state index < -0.39 is 12.1 Å². The summed E-state index contributed by atoms with van der Waals surface area (Å²) in [5.41, 5.74) is 0.580. The molecule has 0 radical (unpaired) electrons. The number of aromatic nitrogens is 2. The van der Waals surface area contributed by atoms with Gasteiger partial charge in [-0.05, 0) is 20.2 Å². The van der Waals surface area contributed by atoms with Crippen molar-refractivity contribution in [3.05, 3.63) is 18.0 Å². The smallest absolute Gasteiger partial charge is 0.475 e. The highest BCUT2D eigenvalue weighted by Gasteiger charge is 2.47. The number of likely N-dealkylation sites (N-methyl/N-ethyl adjacent to an activating group) is 1. The Morgan fingerprint density at radius 3 is 2.34 bits per heavy atom. The molecule has 0 bridgehead atoms. The average Bonchev–Trinajstić information content (AvgIpc) is 3.29. The van der Waals surface area contributed by atoms with Crippen LogP contribution in [-0.2, 0) is 16.6 Å². The van der Waals surface area contributed by atoms with Gasteiger partial charge in [-0.3, -0.25) is 14.3 Å². The van der Waals surface area contributed by atoms with Gasteiger partial charge >= 0.3 is 12.1 Å². The molecule has 3 heterocycles. The summed E-state index contributed by atoms with van der Waals surface area (Å²) < 4.78 is 33.3. The second-order valence-electron chi connectivity index (χ2n) is 7.31. The van der Waals surface area contributed by atoms with Gasteiger partial charge in [0.1, 0.15) is 5.69 Å². The zero-order chi connectivity index (χ0) is 21.9. The van der Waals surface area contributed by atoms with Crippen molar-refractivity contribution >= 4 is 17.8 Å². The maximum absolute atomic E-state index is 12.5. The number of alkyl halides is 3. The van der Waals surface area contributed by atoms with E-state index in [9.17, 15) is 22.8 Å². The molecule has 2 amide bonds. The molecule has 162 valence electrons. The number of amides is 2. The van der Waals surface area contributed by atoms with Gasteiger partial charge < -0.3 is 19.8 Å². The van der Waals surface area contributed by atoms with Gasteiger partial charge in [0.25, 0.3) is 5.91 Å². The van der Waals surface area contributed by atoms with Crippen LogP contribution in [0.1, 0.15) is 10.5 Å². The fraction of sp³-hybridized carbons (Fsp3) is 0.647. The van der Waals surface area contributed by atoms with Crippen LogP contribution in [0.25, 0.3) is 0 Å². The van der Waals surface area contributed by atoms with Crippen molar-refractivity contribution in [1.82, 2.24) is 24.5 Å². The van der Waals surface area contributed by atoms with Crippen LogP contribution in [0.3, 0.4) is 0 Å². The number of carbonyl (C=O) groups excluding carboxylic acids is 2. The number of carboxylic acids is 1. The topological polar surface area (TPSA) is 99.0 Å². The van der Waals surface area contributed by atoms with Gasteiger partial charge in [0.05, 0.1) is 5.92 Å². The number of nitrogens with zero attached hydrogens (tertiary/aromatic N) is 5. The van der Waals surface area contributed by atoms with E-state index in [1.807, 2.05) is 19.0 Å². The molecule has 9 nitrogen and oxygen atoms in total. The van der Waals surface area contributed by atoms with Crippen molar-refractivity contribution in [2.45, 2.75) is 6.18 Å². The standard InChI is InChI=1S/C15H23N5O2.C2HF3O2/c1-17(2)6-7-19-8-11-9-20(10-12(11)14(19)21)15(22)13-4-5-16-18(13)3;3-2(4,5)1(6)7/h4-5,11-12H,6-10H2,1-3H3;(H,6,7)/t11-,12+;/m1./s1. The molecule has 1 N–H and O–H groups in total. The molecule has 2 aliphatic rings. The molecule has 12 heteroatoms. The van der Waals surface area contributed by atoms with Crippen LogP contribution in [0.2, 0.25) is 0 Å². The fourth-order valence-corrected chi connectivity index (χ4v) is 3.38. The third kappa shape index (κ3) is 5.46. The fourth-order valence-electron chi connectivity index (χ4n) is 3.38. The lowest BCUT2D eigenvalue weighted by molar-refractivity contribution is -0.192. The molecule has 1 aromatic heterocycles. The quantitative estimate of drug-likeness (QED) is 0.746. The van der Waals surface area contributed by atoms with Gasteiger partial charge in [-0.1, -0.05) is 0 Å². The molecule has 2 saturated heterocycles. The highest BCUT2D eigenvalue weighted by atomic mass is 19.4. The van der Waals surface area contributed by atoms with Crippen molar-refractivity contribution in [2.75, 3.05) is 46.8 Å². The van der Waals surface area contributed by atoms with Crippen molar-refractivity contribution in [1.29, 1.82) is 0 Å². The zero-order valence-electron chi connectivity index (χ0n) is 16.4. The van der Waals surface area contributed by atoms with E-state index in [4.69, 9.17) is 9.90 Å². The van der Waals surface area contributed by atoms with Crippen molar-refractivity contribution in [3.8, 4) is 0 Å². The second kappa shape index (κ2) is 8.80. The Bertz CT molecular complexity index is 764. The molecule has 0 aliphatic carbocycles. The van der Waals surface area contributed by atoms with Crippen LogP contribution in [0.15, 0.2) is 12.3 Å². The van der Waals surface area contributed by atoms with Crippen LogP contribution in [0.4, 0.5) is 13.2 Å². The molecular weight excluding hydrogens is 395 g/mol. The van der Waals surface area contributed by atoms with E-state index in [-0.39, 0.29) is 23.7 Å². The summed E-state index contributed by atoms with van der Waals surface area (Å²) in [4.78, 5) is 39.7. The van der Waals surface area contributed by atoms with Crippen LogP contribution in [0.5, 0.6) is 0 Å². The van der Waals surface area contributed by atoms with Gasteiger partial charge in [-0.2, -0.15) is 18.3 Å². The van der Waals surface area contributed by atoms with Crippen molar-refractivity contribution in [3.63, 3.8) is 0 Å². The predicted octanol–water partition coefficient (Wildman–Crippen LogP) is 0.145. The van der Waals surface area contributed by atoms with E-state index in [1.54, 1.807) is 28.9 Å². The molecule has 3 rings (SSSR count). The van der Waals surface area contributed by atoms with Gasteiger partial charge in [0.15, 0.2) is 0 Å². The normalized spacial score (nSPS) is 21.3. The molecule has 2 aliphatic heterocycles. The minimum atomic E-state index is -5.08. The van der Waals surface area contributed by atoms with Crippen LogP contribution in [-0.4, -0.2) is 100 Å². The molecule has 2 fully saturated rings. The Morgan fingerprint density at radius 2 is 1.90 bits per heavy atom. The number of likely N-dealkylation sites (tertiary alicyclic amines) is 2. The van der Waals surface area contributed by atoms with Crippen molar-refractivity contribution < 1.29 is 32.7 Å². The molecule has 0 unspecified atom stereocenters. The summed E-state index contributed by atoms with van der Waals surface area (Å²) >= 11 is 0. The highest BCUT2D eigenvalue weighted by Crippen LogP contribution is 2.32. The summed E-state index contributed by atoms with van der Waals surface area (Å²) in [7, 11) is 5.78. The van der Waals surface area contributed by atoms with Gasteiger partial charge in [-0.25, -0.2) is 4.79 Å². The average molecular weight is 419 g/mol. The summed E-state index contributed by atoms with van der Waals surface area (Å²) in [5.74, 6) is -2.34. The molecular formula is C17H24F3N5O4. The largest absolute Gasteiger partial charge is 0.490 e. The lowest BCUT2D eigenvalue weighted by Gasteiger charge is -2.23. The molecule has 0 spiro atoms. The first-order valence-corrected chi connectivity index (χ1v) is 8.92. The number of aliphatic carboxylic acids is 1. The second-order valence-corrected chi connectivity index (χ2v) is 7.31. The Labute approximate surface area is 165 Å². The van der Waals surface area contributed by atoms with E-state index >= 15 is 0 Å². The predicted molar refractivity (Wildman–Crippen MR) is 94.9 cm³/mol. The minimum absolute atomic E-state index is 0.0259. The van der Waals surface area contributed by atoms with Gasteiger partial charge in [0, 0.05) is 51.9 Å². The van der Waals surface area contributed by atoms with Crippen molar-refractivity contribution in [2.24, 2.45) is 18.9 Å². The molecule has 29 heavy (non-hydrogen) atoms. The SMILES string of the molecule is CN(C)CCN1C[C@@H]2CN(C(=O)c3ccnn3C)C[C@@H]2C1=O.O=C(O)C(F)(F)F. The van der Waals surface area contributed by atoms with E-state index in [0.717, 1.165) is 19.6 Å². The summed E-state index contributed by atoms with van der Waals surface area (Å²) in [6, 6.07) is 1.72. The first-order chi connectivity index (χ1) is 13.4. The summed E-state index contributed by atoms with van der Waals surface area (Å²) in [6.45, 7) is 3.62. The Kier molecular flexibility index (Phi) is 6.88. The Morgan fingerprint density at radius 1 is 1.28 bits per heavy atom. The molecule has 1 aromatic rings. The van der Waals surface area contributed by atoms with Gasteiger partial charge in [0.2, 0.25) is 5.91 Å².